The quantitative estimate of drug-likeness (QED) is 0.530. The Bertz CT molecular complexity index is 894. The summed E-state index contributed by atoms with van der Waals surface area (Å²) in [6, 6.07) is 26.9. The van der Waals surface area contributed by atoms with E-state index in [0.717, 1.165) is 18.3 Å². The van der Waals surface area contributed by atoms with Crippen LogP contribution < -0.4 is 4.74 Å². The molecule has 4 heteroatoms. The minimum atomic E-state index is -0.111. The largest absolute Gasteiger partial charge is 0.483 e. The Kier molecular flexibility index (Phi) is 6.96. The predicted molar refractivity (Wildman–Crippen MR) is 109 cm³/mol. The van der Waals surface area contributed by atoms with E-state index in [1.807, 2.05) is 48.5 Å². The molecule has 0 spiro atoms. The van der Waals surface area contributed by atoms with Gasteiger partial charge in [-0.3, -0.25) is 9.59 Å². The van der Waals surface area contributed by atoms with Gasteiger partial charge in [-0.1, -0.05) is 72.8 Å². The maximum absolute atomic E-state index is 12.9. The molecule has 3 aromatic carbocycles. The molecule has 0 aliphatic rings. The first-order valence-corrected chi connectivity index (χ1v) is 9.29. The highest BCUT2D eigenvalue weighted by molar-refractivity contribution is 5.80. The molecule has 0 saturated carbocycles. The summed E-state index contributed by atoms with van der Waals surface area (Å²) in [5.41, 5.74) is 2.69. The first kappa shape index (κ1) is 19.4. The van der Waals surface area contributed by atoms with Gasteiger partial charge in [0.25, 0.3) is 5.91 Å². The minimum Gasteiger partial charge on any atom is -0.483 e. The molecule has 0 fully saturated rings. The molecule has 0 aromatic heterocycles. The summed E-state index contributed by atoms with van der Waals surface area (Å²) in [4.78, 5) is 25.8. The Labute approximate surface area is 165 Å². The summed E-state index contributed by atoms with van der Waals surface area (Å²) >= 11 is 0. The van der Waals surface area contributed by atoms with Crippen LogP contribution in [0.15, 0.2) is 84.9 Å². The van der Waals surface area contributed by atoms with Crippen LogP contribution in [0, 0.1) is 0 Å². The second-order valence-electron chi connectivity index (χ2n) is 6.48. The average Bonchev–Trinajstić information content (AvgIpc) is 2.76. The monoisotopic (exact) mass is 373 g/mol. The van der Waals surface area contributed by atoms with Crippen molar-refractivity contribution in [1.29, 1.82) is 0 Å². The van der Waals surface area contributed by atoms with Crippen molar-refractivity contribution in [3.05, 3.63) is 102 Å². The van der Waals surface area contributed by atoms with Gasteiger partial charge in [0.1, 0.15) is 5.75 Å². The van der Waals surface area contributed by atoms with Crippen molar-refractivity contribution in [2.24, 2.45) is 0 Å². The number of para-hydroxylation sites is 1. The van der Waals surface area contributed by atoms with Gasteiger partial charge in [-0.25, -0.2) is 0 Å². The number of amides is 1. The third kappa shape index (κ3) is 5.55. The highest BCUT2D eigenvalue weighted by Crippen LogP contribution is 2.16. The van der Waals surface area contributed by atoms with Crippen LogP contribution in [0.4, 0.5) is 0 Å². The molecule has 0 N–H and O–H groups in total. The number of carbonyl (C=O) groups excluding carboxylic acids is 2. The first-order chi connectivity index (χ1) is 13.8. The third-order valence-electron chi connectivity index (χ3n) is 4.48. The van der Waals surface area contributed by atoms with E-state index in [4.69, 9.17) is 4.74 Å². The smallest absolute Gasteiger partial charge is 0.260 e. The van der Waals surface area contributed by atoms with E-state index < -0.39 is 0 Å². The number of hydrogen-bond donors (Lipinski definition) is 0. The molecule has 0 saturated heterocycles. The van der Waals surface area contributed by atoms with Crippen LogP contribution in [0.3, 0.4) is 0 Å². The Hall–Kier alpha value is -3.40. The Balaban J connectivity index is 1.67. The topological polar surface area (TPSA) is 46.6 Å². The van der Waals surface area contributed by atoms with Crippen molar-refractivity contribution >= 4 is 12.2 Å². The second kappa shape index (κ2) is 10.1. The van der Waals surface area contributed by atoms with Crippen LogP contribution >= 0.6 is 0 Å². The van der Waals surface area contributed by atoms with Crippen molar-refractivity contribution in [1.82, 2.24) is 4.90 Å². The Morgan fingerprint density at radius 1 is 0.821 bits per heavy atom. The first-order valence-electron chi connectivity index (χ1n) is 9.29. The van der Waals surface area contributed by atoms with Gasteiger partial charge < -0.3 is 9.64 Å². The molecule has 1 amide bonds. The molecule has 0 heterocycles. The van der Waals surface area contributed by atoms with Crippen LogP contribution in [-0.4, -0.2) is 30.2 Å². The molecular formula is C24H23NO3. The van der Waals surface area contributed by atoms with E-state index in [9.17, 15) is 9.59 Å². The maximum Gasteiger partial charge on any atom is 0.260 e. The fourth-order valence-electron chi connectivity index (χ4n) is 2.94. The normalized spacial score (nSPS) is 10.3. The molecule has 3 rings (SSSR count). The van der Waals surface area contributed by atoms with Gasteiger partial charge in [-0.2, -0.15) is 0 Å². The van der Waals surface area contributed by atoms with E-state index in [2.05, 4.69) is 12.1 Å². The molecule has 0 unspecified atom stereocenters. The van der Waals surface area contributed by atoms with Gasteiger partial charge in [0, 0.05) is 13.1 Å². The van der Waals surface area contributed by atoms with Crippen LogP contribution in [0.25, 0.3) is 0 Å². The van der Waals surface area contributed by atoms with E-state index in [-0.39, 0.29) is 12.5 Å². The van der Waals surface area contributed by atoms with Gasteiger partial charge in [-0.05, 0) is 29.7 Å². The fourth-order valence-corrected chi connectivity index (χ4v) is 2.94. The van der Waals surface area contributed by atoms with Crippen molar-refractivity contribution < 1.29 is 14.3 Å². The van der Waals surface area contributed by atoms with E-state index in [0.29, 0.717) is 24.4 Å². The molecule has 4 nitrogen and oxygen atoms in total. The molecule has 0 bridgehead atoms. The lowest BCUT2D eigenvalue weighted by Crippen LogP contribution is -2.36. The standard InChI is InChI=1S/C24H23NO3/c26-18-22-13-7-8-14-23(22)28-19-24(27)25(17-21-11-5-2-6-12-21)16-15-20-9-3-1-4-10-20/h1-14,18H,15-17,19H2. The zero-order chi connectivity index (χ0) is 19.6. The average molecular weight is 373 g/mol. The zero-order valence-corrected chi connectivity index (χ0v) is 15.7. The SMILES string of the molecule is O=Cc1ccccc1OCC(=O)N(CCc1ccccc1)Cc1ccccc1. The van der Waals surface area contributed by atoms with Crippen molar-refractivity contribution in [3.63, 3.8) is 0 Å². The maximum atomic E-state index is 12.9. The molecule has 142 valence electrons. The molecular weight excluding hydrogens is 350 g/mol. The van der Waals surface area contributed by atoms with Gasteiger partial charge in [0.05, 0.1) is 5.56 Å². The fraction of sp³-hybridized carbons (Fsp3) is 0.167. The van der Waals surface area contributed by atoms with E-state index in [1.54, 1.807) is 29.2 Å². The minimum absolute atomic E-state index is 0.105. The summed E-state index contributed by atoms with van der Waals surface area (Å²) in [5.74, 6) is 0.314. The number of ether oxygens (including phenoxy) is 1. The number of carbonyl (C=O) groups is 2. The lowest BCUT2D eigenvalue weighted by Gasteiger charge is -2.23. The van der Waals surface area contributed by atoms with Crippen LogP contribution in [0.5, 0.6) is 5.75 Å². The zero-order valence-electron chi connectivity index (χ0n) is 15.7. The van der Waals surface area contributed by atoms with Crippen LogP contribution in [0.1, 0.15) is 21.5 Å². The van der Waals surface area contributed by atoms with Crippen molar-refractivity contribution in [2.45, 2.75) is 13.0 Å². The summed E-state index contributed by atoms with van der Waals surface area (Å²) in [5, 5.41) is 0. The number of benzene rings is 3. The predicted octanol–water partition coefficient (Wildman–Crippen LogP) is 4.15. The van der Waals surface area contributed by atoms with Gasteiger partial charge in [0.2, 0.25) is 0 Å². The highest BCUT2D eigenvalue weighted by Gasteiger charge is 2.15. The molecule has 3 aromatic rings. The third-order valence-corrected chi connectivity index (χ3v) is 4.48. The van der Waals surface area contributed by atoms with E-state index >= 15 is 0 Å². The van der Waals surface area contributed by atoms with Crippen molar-refractivity contribution in [2.75, 3.05) is 13.2 Å². The van der Waals surface area contributed by atoms with Gasteiger partial charge in [-0.15, -0.1) is 0 Å². The van der Waals surface area contributed by atoms with Crippen LogP contribution in [0.2, 0.25) is 0 Å². The van der Waals surface area contributed by atoms with Gasteiger partial charge >= 0.3 is 0 Å². The summed E-state index contributed by atoms with van der Waals surface area (Å²) in [7, 11) is 0. The molecule has 0 aliphatic heterocycles. The van der Waals surface area contributed by atoms with Gasteiger partial charge in [0.15, 0.2) is 12.9 Å². The molecule has 0 atom stereocenters. The number of aldehydes is 1. The summed E-state index contributed by atoms with van der Waals surface area (Å²) in [6.45, 7) is 1.01. The van der Waals surface area contributed by atoms with Crippen LogP contribution in [-0.2, 0) is 17.8 Å². The van der Waals surface area contributed by atoms with Crippen molar-refractivity contribution in [3.8, 4) is 5.75 Å². The highest BCUT2D eigenvalue weighted by atomic mass is 16.5. The second-order valence-corrected chi connectivity index (χ2v) is 6.48. The Morgan fingerprint density at radius 3 is 2.11 bits per heavy atom. The molecule has 0 radical (unpaired) electrons. The van der Waals surface area contributed by atoms with E-state index in [1.165, 1.54) is 5.56 Å². The number of hydrogen-bond acceptors (Lipinski definition) is 3. The lowest BCUT2D eigenvalue weighted by atomic mass is 10.1. The molecule has 28 heavy (non-hydrogen) atoms. The number of nitrogens with zero attached hydrogens (tertiary/aromatic N) is 1. The Morgan fingerprint density at radius 2 is 1.43 bits per heavy atom. The lowest BCUT2D eigenvalue weighted by molar-refractivity contribution is -0.134. The number of rotatable bonds is 9. The summed E-state index contributed by atoms with van der Waals surface area (Å²) in [6.07, 6.45) is 1.50. The molecule has 0 aliphatic carbocycles. The summed E-state index contributed by atoms with van der Waals surface area (Å²) < 4.78 is 5.64.